The molecule has 166 valence electrons. The molecule has 1 unspecified atom stereocenters. The van der Waals surface area contributed by atoms with E-state index in [1.54, 1.807) is 0 Å². The summed E-state index contributed by atoms with van der Waals surface area (Å²) in [5.74, 6) is 1.32. The normalized spacial score (nSPS) is 19.3. The first-order valence-corrected chi connectivity index (χ1v) is 12.0. The van der Waals surface area contributed by atoms with Gasteiger partial charge in [0, 0.05) is 42.4 Å². The number of nitrogens with one attached hydrogen (secondary N) is 1. The van der Waals surface area contributed by atoms with Gasteiger partial charge in [-0.15, -0.1) is 0 Å². The lowest BCUT2D eigenvalue weighted by Gasteiger charge is -2.26. The molecule has 2 aromatic heterocycles. The molecule has 1 atom stereocenters. The zero-order valence-electron chi connectivity index (χ0n) is 18.9. The number of para-hydroxylation sites is 1. The van der Waals surface area contributed by atoms with Crippen molar-refractivity contribution >= 4 is 27.5 Å². The third-order valence-corrected chi connectivity index (χ3v) is 7.20. The maximum Gasteiger partial charge on any atom is 0.132 e. The Labute approximate surface area is 198 Å². The van der Waals surface area contributed by atoms with Crippen LogP contribution in [0.1, 0.15) is 23.5 Å². The summed E-state index contributed by atoms with van der Waals surface area (Å²) in [6, 6.07) is 17.5. The second kappa shape index (κ2) is 7.77. The largest absolute Gasteiger partial charge is 0.492 e. The Morgan fingerprint density at radius 1 is 1.03 bits per heavy atom. The van der Waals surface area contributed by atoms with Crippen molar-refractivity contribution in [2.45, 2.75) is 18.8 Å². The number of allylic oxidation sites excluding steroid dienone is 5. The van der Waals surface area contributed by atoms with Gasteiger partial charge in [0.1, 0.15) is 5.75 Å². The molecule has 4 aromatic rings. The van der Waals surface area contributed by atoms with Crippen LogP contribution in [0.5, 0.6) is 5.75 Å². The van der Waals surface area contributed by atoms with Crippen molar-refractivity contribution in [2.75, 3.05) is 13.2 Å². The van der Waals surface area contributed by atoms with Crippen LogP contribution < -0.4 is 10.1 Å². The van der Waals surface area contributed by atoms with Gasteiger partial charge in [0.05, 0.1) is 23.0 Å². The van der Waals surface area contributed by atoms with Crippen LogP contribution in [0.15, 0.2) is 103 Å². The van der Waals surface area contributed by atoms with Crippen molar-refractivity contribution in [1.29, 1.82) is 0 Å². The monoisotopic (exact) mass is 443 g/mol. The average Bonchev–Trinajstić information content (AvgIpc) is 3.52. The van der Waals surface area contributed by atoms with Crippen LogP contribution in [0.2, 0.25) is 0 Å². The summed E-state index contributed by atoms with van der Waals surface area (Å²) in [5.41, 5.74) is 8.88. The van der Waals surface area contributed by atoms with E-state index in [-0.39, 0.29) is 5.92 Å². The smallest absolute Gasteiger partial charge is 0.132 e. The Morgan fingerprint density at radius 2 is 2.00 bits per heavy atom. The van der Waals surface area contributed by atoms with Crippen molar-refractivity contribution in [3.63, 3.8) is 0 Å². The molecular formula is C30H25N3O. The third kappa shape index (κ3) is 3.02. The van der Waals surface area contributed by atoms with Crippen LogP contribution in [0.4, 0.5) is 0 Å². The molecule has 0 fully saturated rings. The lowest BCUT2D eigenvalue weighted by atomic mass is 9.85. The first kappa shape index (κ1) is 19.4. The van der Waals surface area contributed by atoms with E-state index in [0.29, 0.717) is 0 Å². The minimum absolute atomic E-state index is 0.261. The second-order valence-electron chi connectivity index (χ2n) is 9.19. The van der Waals surface area contributed by atoms with E-state index in [1.807, 2.05) is 24.7 Å². The lowest BCUT2D eigenvalue weighted by molar-refractivity contribution is 0.360. The molecule has 1 N–H and O–H groups in total. The molecule has 3 aliphatic rings. The first-order chi connectivity index (χ1) is 16.9. The number of dihydropyridines is 1. The maximum atomic E-state index is 6.15. The number of pyridine rings is 1. The fraction of sp³-hybridized carbons (Fsp3) is 0.167. The highest BCUT2D eigenvalue weighted by molar-refractivity contribution is 6.13. The molecule has 0 radical (unpaired) electrons. The standard InChI is InChI=1S/C30H25N3O/c1-2-8-27-26(7-1)29-28(10-9-20-11-14-34-30(20)29)33(27)25-16-23(21-5-3-12-31-18-21)15-24(17-25)22-6-4-13-32-19-22/h1-10,12-13,15-16,19,24,31H,11,14,17-18H2. The predicted octanol–water partition coefficient (Wildman–Crippen LogP) is 6.12. The Hall–Kier alpha value is -4.05. The summed E-state index contributed by atoms with van der Waals surface area (Å²) in [5, 5.41) is 5.86. The number of rotatable bonds is 3. The van der Waals surface area contributed by atoms with Crippen molar-refractivity contribution in [1.82, 2.24) is 14.9 Å². The van der Waals surface area contributed by atoms with E-state index in [4.69, 9.17) is 4.74 Å². The van der Waals surface area contributed by atoms with E-state index in [1.165, 1.54) is 49.8 Å². The fourth-order valence-corrected chi connectivity index (χ4v) is 5.62. The van der Waals surface area contributed by atoms with E-state index < -0.39 is 0 Å². The molecule has 2 aromatic carbocycles. The topological polar surface area (TPSA) is 39.1 Å². The zero-order chi connectivity index (χ0) is 22.5. The number of fused-ring (bicyclic) bond motifs is 5. The number of hydrogen-bond donors (Lipinski definition) is 1. The van der Waals surface area contributed by atoms with Crippen LogP contribution in [-0.4, -0.2) is 22.7 Å². The maximum absolute atomic E-state index is 6.15. The Morgan fingerprint density at radius 3 is 2.88 bits per heavy atom. The van der Waals surface area contributed by atoms with E-state index in [0.717, 1.165) is 31.7 Å². The summed E-state index contributed by atoms with van der Waals surface area (Å²) >= 11 is 0. The molecule has 1 aliphatic carbocycles. The first-order valence-electron chi connectivity index (χ1n) is 12.0. The highest BCUT2D eigenvalue weighted by atomic mass is 16.5. The average molecular weight is 444 g/mol. The summed E-state index contributed by atoms with van der Waals surface area (Å²) in [6.07, 6.45) is 16.8. The fourth-order valence-electron chi connectivity index (χ4n) is 5.62. The quantitative estimate of drug-likeness (QED) is 0.414. The van der Waals surface area contributed by atoms with Crippen LogP contribution >= 0.6 is 0 Å². The number of benzene rings is 2. The Kier molecular flexibility index (Phi) is 4.44. The number of ether oxygens (including phenoxy) is 1. The molecule has 7 rings (SSSR count). The van der Waals surface area contributed by atoms with Gasteiger partial charge in [-0.3, -0.25) is 4.98 Å². The molecule has 0 amide bonds. The van der Waals surface area contributed by atoms with Gasteiger partial charge < -0.3 is 14.6 Å². The zero-order valence-corrected chi connectivity index (χ0v) is 18.9. The van der Waals surface area contributed by atoms with Crippen molar-refractivity contribution in [3.05, 3.63) is 114 Å². The van der Waals surface area contributed by atoms with Gasteiger partial charge >= 0.3 is 0 Å². The molecule has 2 aliphatic heterocycles. The molecular weight excluding hydrogens is 418 g/mol. The predicted molar refractivity (Wildman–Crippen MR) is 138 cm³/mol. The molecule has 4 heterocycles. The number of hydrogen-bond acceptors (Lipinski definition) is 3. The molecule has 0 bridgehead atoms. The van der Waals surface area contributed by atoms with Gasteiger partial charge in [0.2, 0.25) is 0 Å². The van der Waals surface area contributed by atoms with Gasteiger partial charge in [0.25, 0.3) is 0 Å². The van der Waals surface area contributed by atoms with Gasteiger partial charge in [-0.2, -0.15) is 0 Å². The highest BCUT2D eigenvalue weighted by Crippen LogP contribution is 2.44. The minimum Gasteiger partial charge on any atom is -0.492 e. The molecule has 4 nitrogen and oxygen atoms in total. The van der Waals surface area contributed by atoms with Crippen LogP contribution in [-0.2, 0) is 6.42 Å². The number of aromatic nitrogens is 2. The molecule has 0 saturated heterocycles. The van der Waals surface area contributed by atoms with Crippen LogP contribution in [0.3, 0.4) is 0 Å². The SMILES string of the molecule is C1=CNCC(C2=CC(c3cccnc3)CC(n3c4ccccc4c4c5c(ccc43)CCO5)=C2)=C1. The van der Waals surface area contributed by atoms with Crippen LogP contribution in [0, 0.1) is 0 Å². The van der Waals surface area contributed by atoms with Crippen LogP contribution in [0.25, 0.3) is 27.5 Å². The summed E-state index contributed by atoms with van der Waals surface area (Å²) < 4.78 is 8.60. The third-order valence-electron chi connectivity index (χ3n) is 7.20. The van der Waals surface area contributed by atoms with Crippen molar-refractivity contribution in [3.8, 4) is 5.75 Å². The Balaban J connectivity index is 1.47. The van der Waals surface area contributed by atoms with E-state index in [9.17, 15) is 0 Å². The second-order valence-corrected chi connectivity index (χ2v) is 9.19. The molecule has 0 spiro atoms. The van der Waals surface area contributed by atoms with E-state index >= 15 is 0 Å². The van der Waals surface area contributed by atoms with Gasteiger partial charge in [-0.05, 0) is 65.2 Å². The highest BCUT2D eigenvalue weighted by Gasteiger charge is 2.26. The molecule has 4 heteroatoms. The lowest BCUT2D eigenvalue weighted by Crippen LogP contribution is -2.16. The van der Waals surface area contributed by atoms with Gasteiger partial charge in [-0.25, -0.2) is 0 Å². The number of nitrogens with zero attached hydrogens (tertiary/aromatic N) is 2. The van der Waals surface area contributed by atoms with Gasteiger partial charge in [-0.1, -0.05) is 42.5 Å². The summed E-state index contributed by atoms with van der Waals surface area (Å²) in [4.78, 5) is 4.41. The van der Waals surface area contributed by atoms with Crippen molar-refractivity contribution < 1.29 is 4.74 Å². The van der Waals surface area contributed by atoms with Gasteiger partial charge in [0.15, 0.2) is 0 Å². The molecule has 34 heavy (non-hydrogen) atoms. The summed E-state index contributed by atoms with van der Waals surface area (Å²) in [7, 11) is 0. The Bertz CT molecular complexity index is 1550. The molecule has 0 saturated carbocycles. The summed E-state index contributed by atoms with van der Waals surface area (Å²) in [6.45, 7) is 1.60. The van der Waals surface area contributed by atoms with E-state index in [2.05, 4.69) is 81.6 Å². The minimum atomic E-state index is 0.261. The van der Waals surface area contributed by atoms with Crippen molar-refractivity contribution in [2.24, 2.45) is 0 Å².